The molecule has 11 heteroatoms. The van der Waals surface area contributed by atoms with Crippen molar-refractivity contribution >= 4 is 27.2 Å². The SMILES string of the molecule is O=C1CC(OS(=O)(=O)O)c2c1c(=O)oc1c3c(cc(O)c21)OC1OC=CC31. The number of ketones is 1. The molecule has 2 aliphatic heterocycles. The Labute approximate surface area is 150 Å². The van der Waals surface area contributed by atoms with Gasteiger partial charge in [0.2, 0.25) is 0 Å². The molecule has 3 heterocycles. The highest BCUT2D eigenvalue weighted by Crippen LogP contribution is 2.51. The third-order valence-electron chi connectivity index (χ3n) is 4.78. The minimum atomic E-state index is -4.92. The molecule has 0 radical (unpaired) electrons. The van der Waals surface area contributed by atoms with Gasteiger partial charge in [-0.15, -0.1) is 0 Å². The highest BCUT2D eigenvalue weighted by atomic mass is 32.3. The van der Waals surface area contributed by atoms with Gasteiger partial charge in [-0.2, -0.15) is 8.42 Å². The van der Waals surface area contributed by atoms with Crippen molar-refractivity contribution in [3.05, 3.63) is 45.5 Å². The summed E-state index contributed by atoms with van der Waals surface area (Å²) in [6, 6.07) is 1.26. The molecule has 0 fully saturated rings. The Morgan fingerprint density at radius 1 is 1.22 bits per heavy atom. The van der Waals surface area contributed by atoms with Crippen molar-refractivity contribution in [2.45, 2.75) is 24.7 Å². The molecular weight excluding hydrogens is 384 g/mol. The van der Waals surface area contributed by atoms with Gasteiger partial charge in [0.1, 0.15) is 28.7 Å². The lowest BCUT2D eigenvalue weighted by atomic mass is 9.95. The Balaban J connectivity index is 1.86. The topological polar surface area (TPSA) is 150 Å². The van der Waals surface area contributed by atoms with Crippen LogP contribution < -0.4 is 10.4 Å². The van der Waals surface area contributed by atoms with E-state index in [-0.39, 0.29) is 22.3 Å². The van der Waals surface area contributed by atoms with Crippen LogP contribution in [-0.2, 0) is 19.3 Å². The van der Waals surface area contributed by atoms with E-state index in [9.17, 15) is 23.1 Å². The lowest BCUT2D eigenvalue weighted by molar-refractivity contribution is -0.00484. The number of hydrogen-bond acceptors (Lipinski definition) is 9. The molecule has 0 saturated carbocycles. The number of benzene rings is 1. The van der Waals surface area contributed by atoms with Gasteiger partial charge in [-0.25, -0.2) is 8.98 Å². The Bertz CT molecular complexity index is 1220. The van der Waals surface area contributed by atoms with Crippen LogP contribution in [0.5, 0.6) is 11.5 Å². The van der Waals surface area contributed by atoms with Crippen molar-refractivity contribution in [1.82, 2.24) is 0 Å². The summed E-state index contributed by atoms with van der Waals surface area (Å²) in [5, 5.41) is 10.4. The van der Waals surface area contributed by atoms with Crippen LogP contribution in [-0.4, -0.2) is 30.2 Å². The number of ether oxygens (including phenoxy) is 2. The van der Waals surface area contributed by atoms with E-state index in [1.807, 2.05) is 0 Å². The molecule has 2 aromatic rings. The van der Waals surface area contributed by atoms with Crippen LogP contribution in [0, 0.1) is 0 Å². The quantitative estimate of drug-likeness (QED) is 0.563. The van der Waals surface area contributed by atoms with E-state index in [4.69, 9.17) is 18.4 Å². The van der Waals surface area contributed by atoms with E-state index in [2.05, 4.69) is 4.18 Å². The molecule has 1 aromatic carbocycles. The Hall–Kier alpha value is -2.89. The van der Waals surface area contributed by atoms with Crippen LogP contribution in [0.1, 0.15) is 39.9 Å². The van der Waals surface area contributed by atoms with Crippen LogP contribution in [0.4, 0.5) is 0 Å². The first-order chi connectivity index (χ1) is 12.7. The van der Waals surface area contributed by atoms with Crippen molar-refractivity contribution in [3.63, 3.8) is 0 Å². The molecule has 140 valence electrons. The first-order valence-corrected chi connectivity index (χ1v) is 9.15. The largest absolute Gasteiger partial charge is 0.507 e. The monoisotopic (exact) mass is 394 g/mol. The highest BCUT2D eigenvalue weighted by molar-refractivity contribution is 7.80. The molecule has 1 aromatic heterocycles. The molecule has 3 atom stereocenters. The van der Waals surface area contributed by atoms with E-state index in [1.165, 1.54) is 12.3 Å². The first-order valence-electron chi connectivity index (χ1n) is 7.79. The fourth-order valence-electron chi connectivity index (χ4n) is 3.82. The molecule has 0 spiro atoms. The van der Waals surface area contributed by atoms with Gasteiger partial charge in [-0.1, -0.05) is 0 Å². The van der Waals surface area contributed by atoms with E-state index >= 15 is 0 Å². The van der Waals surface area contributed by atoms with Gasteiger partial charge in [0.15, 0.2) is 5.78 Å². The summed E-state index contributed by atoms with van der Waals surface area (Å²) in [5.74, 6) is -1.29. The predicted octanol–water partition coefficient (Wildman–Crippen LogP) is 1.29. The fraction of sp³-hybridized carbons (Fsp3) is 0.250. The molecule has 3 aliphatic rings. The molecule has 1 aliphatic carbocycles. The Morgan fingerprint density at radius 2 is 2.00 bits per heavy atom. The minimum Gasteiger partial charge on any atom is -0.507 e. The molecule has 0 bridgehead atoms. The van der Waals surface area contributed by atoms with Crippen molar-refractivity contribution in [2.24, 2.45) is 0 Å². The van der Waals surface area contributed by atoms with Gasteiger partial charge >= 0.3 is 16.0 Å². The van der Waals surface area contributed by atoms with E-state index in [0.29, 0.717) is 5.56 Å². The predicted molar refractivity (Wildman–Crippen MR) is 85.9 cm³/mol. The summed E-state index contributed by atoms with van der Waals surface area (Å²) in [6.45, 7) is 0. The number of carbonyl (C=O) groups excluding carboxylic acids is 1. The molecule has 2 N–H and O–H groups in total. The summed E-state index contributed by atoms with van der Waals surface area (Å²) in [7, 11) is -4.92. The normalized spacial score (nSPS) is 25.2. The summed E-state index contributed by atoms with van der Waals surface area (Å²) < 4.78 is 52.0. The minimum absolute atomic E-state index is 0.0487. The van der Waals surface area contributed by atoms with E-state index in [1.54, 1.807) is 6.08 Å². The summed E-state index contributed by atoms with van der Waals surface area (Å²) in [6.07, 6.45) is 0.455. The number of carbonyl (C=O) groups is 1. The summed E-state index contributed by atoms with van der Waals surface area (Å²) >= 11 is 0. The zero-order valence-electron chi connectivity index (χ0n) is 13.2. The summed E-state index contributed by atoms with van der Waals surface area (Å²) in [5.41, 5.74) is -1.19. The lowest BCUT2D eigenvalue weighted by Gasteiger charge is -2.14. The van der Waals surface area contributed by atoms with Gasteiger partial charge in [0.25, 0.3) is 6.29 Å². The van der Waals surface area contributed by atoms with Gasteiger partial charge < -0.3 is 19.0 Å². The maximum atomic E-state index is 12.4. The van der Waals surface area contributed by atoms with Gasteiger partial charge in [-0.3, -0.25) is 9.35 Å². The fourth-order valence-corrected chi connectivity index (χ4v) is 4.28. The smallest absolute Gasteiger partial charge is 0.397 e. The maximum Gasteiger partial charge on any atom is 0.397 e. The Morgan fingerprint density at radius 3 is 2.74 bits per heavy atom. The van der Waals surface area contributed by atoms with Crippen LogP contribution in [0.15, 0.2) is 27.6 Å². The standard InChI is InChI=1S/C16H10O10S/c17-6-3-8-10(5-1-2-23-16(5)24-8)14-11(6)13-9(26-27(20,21)22)4-7(18)12(13)15(19)25-14/h1-3,5,9,16-17H,4H2,(H,20,21,22). The van der Waals surface area contributed by atoms with E-state index < -0.39 is 57.9 Å². The maximum absolute atomic E-state index is 12.4. The Kier molecular flexibility index (Phi) is 3.07. The van der Waals surface area contributed by atoms with Crippen LogP contribution in [0.3, 0.4) is 0 Å². The molecule has 5 rings (SSSR count). The third kappa shape index (κ3) is 2.22. The number of fused-ring (bicyclic) bond motifs is 7. The average Bonchev–Trinajstić information content (AvgIpc) is 3.19. The van der Waals surface area contributed by atoms with Crippen LogP contribution in [0.2, 0.25) is 0 Å². The van der Waals surface area contributed by atoms with E-state index in [0.717, 1.165) is 0 Å². The molecule has 10 nitrogen and oxygen atoms in total. The molecule has 27 heavy (non-hydrogen) atoms. The zero-order valence-corrected chi connectivity index (χ0v) is 14.1. The number of hydrogen-bond donors (Lipinski definition) is 2. The molecular formula is C16H10O10S. The second-order valence-corrected chi connectivity index (χ2v) is 7.35. The highest BCUT2D eigenvalue weighted by Gasteiger charge is 2.44. The van der Waals surface area contributed by atoms with Crippen molar-refractivity contribution in [2.75, 3.05) is 0 Å². The second-order valence-electron chi connectivity index (χ2n) is 6.31. The second kappa shape index (κ2) is 5.09. The number of aromatic hydroxyl groups is 1. The van der Waals surface area contributed by atoms with Crippen LogP contribution in [0.25, 0.3) is 11.0 Å². The first kappa shape index (κ1) is 16.3. The third-order valence-corrected chi connectivity index (χ3v) is 5.25. The number of phenolic OH excluding ortho intramolecular Hbond substituents is 1. The van der Waals surface area contributed by atoms with Crippen molar-refractivity contribution in [1.29, 1.82) is 0 Å². The number of Topliss-reactive ketones (excluding diaryl/α,β-unsaturated/α-hetero) is 1. The van der Waals surface area contributed by atoms with Gasteiger partial charge in [-0.05, 0) is 6.08 Å². The van der Waals surface area contributed by atoms with Gasteiger partial charge in [0.05, 0.1) is 23.1 Å². The molecule has 3 unspecified atom stereocenters. The zero-order chi connectivity index (χ0) is 19.1. The number of rotatable bonds is 2. The van der Waals surface area contributed by atoms with Gasteiger partial charge in [0, 0.05) is 18.1 Å². The van der Waals surface area contributed by atoms with Crippen LogP contribution >= 0.6 is 0 Å². The lowest BCUT2D eigenvalue weighted by Crippen LogP contribution is -2.15. The number of phenols is 1. The summed E-state index contributed by atoms with van der Waals surface area (Å²) in [4.78, 5) is 24.6. The molecule has 0 amide bonds. The van der Waals surface area contributed by atoms with Crippen molar-refractivity contribution < 1.29 is 40.9 Å². The average molecular weight is 394 g/mol. The van der Waals surface area contributed by atoms with Crippen molar-refractivity contribution in [3.8, 4) is 11.5 Å². The molecule has 0 saturated heterocycles.